The molecule has 1 aromatic rings. The molecule has 0 aliphatic rings. The largest absolute Gasteiger partial charge is 0.478 e. The Morgan fingerprint density at radius 1 is 1.21 bits per heavy atom. The van der Waals surface area contributed by atoms with E-state index in [4.69, 9.17) is 16.7 Å². The van der Waals surface area contributed by atoms with Gasteiger partial charge in [-0.3, -0.25) is 0 Å². The van der Waals surface area contributed by atoms with Gasteiger partial charge in [0, 0.05) is 10.6 Å². The molecule has 0 aliphatic heterocycles. The first-order valence-electron chi connectivity index (χ1n) is 4.19. The van der Waals surface area contributed by atoms with Crippen molar-refractivity contribution in [1.29, 1.82) is 0 Å². The second-order valence-electron chi connectivity index (χ2n) is 3.06. The van der Waals surface area contributed by atoms with Gasteiger partial charge in [-0.2, -0.15) is 0 Å². The maximum absolute atomic E-state index is 10.7. The standard InChI is InChI=1S/C11H11ClO2/c1-7(8(2)11(13)14)9-3-5-10(12)6-4-9/h3-6H,1-2H3,(H,13,14)/b8-7-. The average molecular weight is 211 g/mol. The van der Waals surface area contributed by atoms with Crippen molar-refractivity contribution in [3.8, 4) is 0 Å². The first kappa shape index (κ1) is 10.8. The Labute approximate surface area is 87.8 Å². The predicted octanol–water partition coefficient (Wildman–Crippen LogP) is 3.22. The van der Waals surface area contributed by atoms with Gasteiger partial charge in [0.1, 0.15) is 0 Å². The zero-order valence-electron chi connectivity index (χ0n) is 8.04. The van der Waals surface area contributed by atoms with Crippen LogP contribution in [0.1, 0.15) is 19.4 Å². The van der Waals surface area contributed by atoms with E-state index in [-0.39, 0.29) is 0 Å². The molecule has 0 heterocycles. The van der Waals surface area contributed by atoms with E-state index in [1.54, 1.807) is 26.0 Å². The van der Waals surface area contributed by atoms with E-state index in [9.17, 15) is 4.79 Å². The number of carboxylic acids is 1. The Morgan fingerprint density at radius 2 is 1.71 bits per heavy atom. The van der Waals surface area contributed by atoms with Gasteiger partial charge in [-0.25, -0.2) is 4.79 Å². The van der Waals surface area contributed by atoms with Gasteiger partial charge in [-0.05, 0) is 37.1 Å². The number of hydrogen-bond donors (Lipinski definition) is 1. The molecule has 1 rings (SSSR count). The van der Waals surface area contributed by atoms with Crippen molar-refractivity contribution < 1.29 is 9.90 Å². The third-order valence-electron chi connectivity index (χ3n) is 2.16. The van der Waals surface area contributed by atoms with Gasteiger partial charge >= 0.3 is 5.97 Å². The molecule has 0 saturated heterocycles. The van der Waals surface area contributed by atoms with Crippen LogP contribution in [0.5, 0.6) is 0 Å². The molecular formula is C11H11ClO2. The molecule has 0 unspecified atom stereocenters. The van der Waals surface area contributed by atoms with Crippen LogP contribution in [0.3, 0.4) is 0 Å². The number of halogens is 1. The highest BCUT2D eigenvalue weighted by atomic mass is 35.5. The summed E-state index contributed by atoms with van der Waals surface area (Å²) in [6.07, 6.45) is 0. The van der Waals surface area contributed by atoms with Gasteiger partial charge in [0.05, 0.1) is 0 Å². The number of benzene rings is 1. The predicted molar refractivity (Wildman–Crippen MR) is 57.4 cm³/mol. The Kier molecular flexibility index (Phi) is 3.31. The molecule has 1 aromatic carbocycles. The minimum Gasteiger partial charge on any atom is -0.478 e. The fourth-order valence-electron chi connectivity index (χ4n) is 1.08. The van der Waals surface area contributed by atoms with E-state index in [0.717, 1.165) is 11.1 Å². The molecule has 0 aromatic heterocycles. The molecule has 1 N–H and O–H groups in total. The van der Waals surface area contributed by atoms with Crippen molar-refractivity contribution in [2.45, 2.75) is 13.8 Å². The molecule has 0 radical (unpaired) electrons. The summed E-state index contributed by atoms with van der Waals surface area (Å²) in [6.45, 7) is 3.37. The molecule has 0 aliphatic carbocycles. The highest BCUT2D eigenvalue weighted by Gasteiger charge is 2.06. The summed E-state index contributed by atoms with van der Waals surface area (Å²) in [6, 6.07) is 7.11. The van der Waals surface area contributed by atoms with Crippen molar-refractivity contribution in [2.24, 2.45) is 0 Å². The Bertz CT molecular complexity index is 377. The van der Waals surface area contributed by atoms with Gasteiger partial charge < -0.3 is 5.11 Å². The van der Waals surface area contributed by atoms with Crippen molar-refractivity contribution in [1.82, 2.24) is 0 Å². The molecule has 74 valence electrons. The zero-order chi connectivity index (χ0) is 10.7. The molecule has 0 saturated carbocycles. The lowest BCUT2D eigenvalue weighted by Crippen LogP contribution is -1.98. The summed E-state index contributed by atoms with van der Waals surface area (Å²) in [5, 5.41) is 9.43. The van der Waals surface area contributed by atoms with E-state index < -0.39 is 5.97 Å². The topological polar surface area (TPSA) is 37.3 Å². The minimum absolute atomic E-state index is 0.354. The van der Waals surface area contributed by atoms with Crippen LogP contribution in [0.4, 0.5) is 0 Å². The maximum Gasteiger partial charge on any atom is 0.331 e. The van der Waals surface area contributed by atoms with Crippen LogP contribution < -0.4 is 0 Å². The average Bonchev–Trinajstić information content (AvgIpc) is 2.16. The number of carbonyl (C=O) groups is 1. The summed E-state index contributed by atoms with van der Waals surface area (Å²) in [7, 11) is 0. The number of rotatable bonds is 2. The van der Waals surface area contributed by atoms with E-state index >= 15 is 0 Å². The number of carboxylic acid groups (broad SMARTS) is 1. The number of aliphatic carboxylic acids is 1. The van der Waals surface area contributed by atoms with Gasteiger partial charge in [-0.1, -0.05) is 23.7 Å². The lowest BCUT2D eigenvalue weighted by molar-refractivity contribution is -0.132. The second kappa shape index (κ2) is 4.29. The first-order valence-corrected chi connectivity index (χ1v) is 4.57. The van der Waals surface area contributed by atoms with Gasteiger partial charge in [0.25, 0.3) is 0 Å². The first-order chi connectivity index (χ1) is 6.52. The van der Waals surface area contributed by atoms with E-state index in [1.165, 1.54) is 0 Å². The molecule has 0 atom stereocenters. The van der Waals surface area contributed by atoms with E-state index in [0.29, 0.717) is 10.6 Å². The van der Waals surface area contributed by atoms with Gasteiger partial charge in [0.15, 0.2) is 0 Å². The summed E-state index contributed by atoms with van der Waals surface area (Å²) >= 11 is 5.73. The number of allylic oxidation sites excluding steroid dienone is 1. The van der Waals surface area contributed by atoms with E-state index in [1.807, 2.05) is 12.1 Å². The van der Waals surface area contributed by atoms with Crippen LogP contribution >= 0.6 is 11.6 Å². The Hall–Kier alpha value is -1.28. The molecule has 2 nitrogen and oxygen atoms in total. The smallest absolute Gasteiger partial charge is 0.331 e. The lowest BCUT2D eigenvalue weighted by Gasteiger charge is -2.04. The lowest BCUT2D eigenvalue weighted by atomic mass is 10.0. The zero-order valence-corrected chi connectivity index (χ0v) is 8.80. The molecule has 0 fully saturated rings. The van der Waals surface area contributed by atoms with Crippen LogP contribution in [-0.4, -0.2) is 11.1 Å². The molecular weight excluding hydrogens is 200 g/mol. The van der Waals surface area contributed by atoms with Gasteiger partial charge in [0.2, 0.25) is 0 Å². The molecule has 3 heteroatoms. The maximum atomic E-state index is 10.7. The van der Waals surface area contributed by atoms with Crippen molar-refractivity contribution in [3.05, 3.63) is 40.4 Å². The summed E-state index contributed by atoms with van der Waals surface area (Å²) in [4.78, 5) is 10.7. The highest BCUT2D eigenvalue weighted by molar-refractivity contribution is 6.30. The second-order valence-corrected chi connectivity index (χ2v) is 3.50. The Balaban J connectivity index is 3.12. The van der Waals surface area contributed by atoms with Crippen LogP contribution in [-0.2, 0) is 4.79 Å². The third kappa shape index (κ3) is 2.36. The quantitative estimate of drug-likeness (QED) is 0.761. The molecule has 0 bridgehead atoms. The van der Waals surface area contributed by atoms with E-state index in [2.05, 4.69) is 0 Å². The van der Waals surface area contributed by atoms with Gasteiger partial charge in [-0.15, -0.1) is 0 Å². The number of hydrogen-bond acceptors (Lipinski definition) is 1. The highest BCUT2D eigenvalue weighted by Crippen LogP contribution is 2.20. The van der Waals surface area contributed by atoms with Crippen LogP contribution in [0.2, 0.25) is 5.02 Å². The minimum atomic E-state index is -0.891. The fourth-order valence-corrected chi connectivity index (χ4v) is 1.20. The fraction of sp³-hybridized carbons (Fsp3) is 0.182. The van der Waals surface area contributed by atoms with Crippen LogP contribution in [0.25, 0.3) is 5.57 Å². The van der Waals surface area contributed by atoms with Crippen molar-refractivity contribution >= 4 is 23.1 Å². The summed E-state index contributed by atoms with van der Waals surface area (Å²) < 4.78 is 0. The Morgan fingerprint density at radius 3 is 2.14 bits per heavy atom. The van der Waals surface area contributed by atoms with Crippen molar-refractivity contribution in [2.75, 3.05) is 0 Å². The normalized spacial score (nSPS) is 12.2. The summed E-state index contributed by atoms with van der Waals surface area (Å²) in [5.74, 6) is -0.891. The van der Waals surface area contributed by atoms with Crippen LogP contribution in [0, 0.1) is 0 Å². The molecule has 0 amide bonds. The molecule has 14 heavy (non-hydrogen) atoms. The SMILES string of the molecule is C/C(C(=O)O)=C(\C)c1ccc(Cl)cc1. The monoisotopic (exact) mass is 210 g/mol. The molecule has 0 spiro atoms. The third-order valence-corrected chi connectivity index (χ3v) is 2.41. The van der Waals surface area contributed by atoms with Crippen molar-refractivity contribution in [3.63, 3.8) is 0 Å². The van der Waals surface area contributed by atoms with Crippen LogP contribution in [0.15, 0.2) is 29.8 Å². The summed E-state index contributed by atoms with van der Waals surface area (Å²) in [5.41, 5.74) is 2.00.